The second kappa shape index (κ2) is 29.5. The van der Waals surface area contributed by atoms with Gasteiger partial charge in [0, 0.05) is 80.1 Å². The van der Waals surface area contributed by atoms with E-state index in [1.165, 1.54) is 112 Å². The number of hydrogen-bond acceptors (Lipinski definition) is 18. The van der Waals surface area contributed by atoms with Crippen LogP contribution in [-0.4, -0.2) is 144 Å². The minimum atomic E-state index is -0.514. The second-order valence-corrected chi connectivity index (χ2v) is 21.3. The first-order chi connectivity index (χ1) is 38.2. The molecular weight excluding hydrogens is 1090 g/mol. The van der Waals surface area contributed by atoms with Crippen molar-refractivity contribution in [3.8, 4) is 0 Å². The summed E-state index contributed by atoms with van der Waals surface area (Å²) in [5.41, 5.74) is 16.3. The summed E-state index contributed by atoms with van der Waals surface area (Å²) in [5, 5.41) is 5.63. The van der Waals surface area contributed by atoms with E-state index in [1.54, 1.807) is 48.5 Å². The van der Waals surface area contributed by atoms with E-state index in [9.17, 15) is 36.7 Å². The number of nitrogens with two attached hydrogens (primary N) is 2. The van der Waals surface area contributed by atoms with Crippen molar-refractivity contribution in [2.45, 2.75) is 86.6 Å². The Morgan fingerprint density at radius 1 is 0.469 bits per heavy atom. The normalized spacial score (nSPS) is 15.8. The molecule has 2 aromatic heterocycles. The molecule has 2 aliphatic rings. The second-order valence-electron chi connectivity index (χ2n) is 19.0. The molecule has 8 N–H and O–H groups in total. The molecule has 0 saturated carbocycles. The van der Waals surface area contributed by atoms with E-state index in [2.05, 4.69) is 50.2 Å². The number of carbonyl (C=O) groups is 4. The molecule has 4 unspecified atom stereocenters. The highest BCUT2D eigenvalue weighted by molar-refractivity contribution is 8.00. The summed E-state index contributed by atoms with van der Waals surface area (Å²) in [7, 11) is 0. The zero-order valence-corrected chi connectivity index (χ0v) is 47.2. The fourth-order valence-corrected chi connectivity index (χ4v) is 12.1. The molecule has 0 radical (unpaired) electrons. The van der Waals surface area contributed by atoms with Crippen LogP contribution < -0.4 is 22.1 Å². The Morgan fingerprint density at radius 3 is 0.975 bits per heavy atom. The van der Waals surface area contributed by atoms with Crippen molar-refractivity contribution in [3.63, 3.8) is 0 Å². The fourth-order valence-electron chi connectivity index (χ4n) is 9.64. The highest BCUT2D eigenvalue weighted by Crippen LogP contribution is 2.39. The molecule has 2 amide bonds. The van der Waals surface area contributed by atoms with Crippen molar-refractivity contribution < 1.29 is 51.7 Å². The monoisotopic (exact) mass is 1160 g/mol. The quantitative estimate of drug-likeness (QED) is 0.0284. The van der Waals surface area contributed by atoms with E-state index in [0.717, 1.165) is 22.3 Å². The Hall–Kier alpha value is -7.26. The summed E-state index contributed by atoms with van der Waals surface area (Å²) in [6, 6.07) is 25.0. The van der Waals surface area contributed by atoms with Crippen LogP contribution in [0.1, 0.15) is 75.9 Å². The van der Waals surface area contributed by atoms with Crippen LogP contribution in [0.3, 0.4) is 0 Å². The SMILES string of the molecule is CC(=O)Nc1c(N)ncnc1SC(C(C)OC(C)=O)N1CCN(C(c2ccc(F)cc2)c2ccc(F)cc2)CC1.CC(=O)Nc1c(N)ncnc1SC(C(C)OC(C)=O)N1CCN(C(c2ccc(F)cc2)c2ccc(F)cc2)CC1.O. The zero-order valence-electron chi connectivity index (χ0n) is 45.5. The summed E-state index contributed by atoms with van der Waals surface area (Å²) in [6.45, 7) is 14.1. The number of benzene rings is 4. The third-order valence-electron chi connectivity index (χ3n) is 13.1. The van der Waals surface area contributed by atoms with Gasteiger partial charge in [0.2, 0.25) is 11.8 Å². The van der Waals surface area contributed by atoms with Crippen LogP contribution in [-0.2, 0) is 28.7 Å². The summed E-state index contributed by atoms with van der Waals surface area (Å²) in [5.74, 6) is -2.46. The molecule has 2 fully saturated rings. The summed E-state index contributed by atoms with van der Waals surface area (Å²) in [6.07, 6.45) is 1.62. The number of esters is 2. The third kappa shape index (κ3) is 17.4. The maximum Gasteiger partial charge on any atom is 0.302 e. The number of piperazine rings is 2. The number of thioether (sulfide) groups is 2. The first kappa shape index (κ1) is 62.9. The standard InChI is InChI=1S/2C28H32F2N6O3S.H2O/c2*1-17(39-19(3)38)28(40-27-24(34-18(2)37)26(31)32-16-33-27)36-14-12-35(13-15-36)25(20-4-8-22(29)9-5-20)21-6-10-23(30)11-7-21;/h2*4-11,16-17,25,28H,12-15H2,1-3H3,(H,34,37)(H2,31,32,33);1H2. The van der Waals surface area contributed by atoms with Gasteiger partial charge in [0.15, 0.2) is 11.6 Å². The largest absolute Gasteiger partial charge is 0.460 e. The molecule has 2 saturated heterocycles. The Labute approximate surface area is 475 Å². The Balaban J connectivity index is 0.000000258. The topological polar surface area (TPSA) is 259 Å². The molecule has 0 aliphatic carbocycles. The highest BCUT2D eigenvalue weighted by Gasteiger charge is 2.37. The van der Waals surface area contributed by atoms with Crippen molar-refractivity contribution in [1.82, 2.24) is 39.5 Å². The average molecular weight is 1160 g/mol. The highest BCUT2D eigenvalue weighted by atomic mass is 32.2. The van der Waals surface area contributed by atoms with E-state index in [-0.39, 0.29) is 75.0 Å². The predicted molar refractivity (Wildman–Crippen MR) is 302 cm³/mol. The van der Waals surface area contributed by atoms with Crippen molar-refractivity contribution in [1.29, 1.82) is 0 Å². The van der Waals surface area contributed by atoms with E-state index >= 15 is 0 Å². The summed E-state index contributed by atoms with van der Waals surface area (Å²) in [4.78, 5) is 72.9. The van der Waals surface area contributed by atoms with Gasteiger partial charge in [-0.1, -0.05) is 72.1 Å². The van der Waals surface area contributed by atoms with Crippen LogP contribution in [0.4, 0.5) is 40.6 Å². The molecule has 81 heavy (non-hydrogen) atoms. The van der Waals surface area contributed by atoms with Gasteiger partial charge in [0.25, 0.3) is 0 Å². The summed E-state index contributed by atoms with van der Waals surface area (Å²) < 4.78 is 66.0. The van der Waals surface area contributed by atoms with E-state index in [1.807, 2.05) is 13.8 Å². The molecule has 19 nitrogen and oxygen atoms in total. The van der Waals surface area contributed by atoms with Crippen LogP contribution in [0, 0.1) is 23.3 Å². The molecule has 4 atom stereocenters. The van der Waals surface area contributed by atoms with Gasteiger partial charge in [-0.15, -0.1) is 0 Å². The minimum absolute atomic E-state index is 0. The lowest BCUT2D eigenvalue weighted by Gasteiger charge is -2.43. The third-order valence-corrected chi connectivity index (χ3v) is 16.1. The van der Waals surface area contributed by atoms with E-state index in [0.29, 0.717) is 73.8 Å². The molecule has 4 heterocycles. The van der Waals surface area contributed by atoms with Crippen LogP contribution in [0.25, 0.3) is 0 Å². The Bertz CT molecular complexity index is 2760. The molecular formula is C56H66F4N12O7S2. The number of nitrogens with one attached hydrogen (secondary N) is 2. The number of aromatic nitrogens is 4. The number of nitrogen functional groups attached to an aromatic ring is 2. The molecule has 25 heteroatoms. The van der Waals surface area contributed by atoms with Gasteiger partial charge in [-0.2, -0.15) is 0 Å². The van der Waals surface area contributed by atoms with Crippen LogP contribution >= 0.6 is 23.5 Å². The van der Waals surface area contributed by atoms with Gasteiger partial charge < -0.3 is 37.1 Å². The minimum Gasteiger partial charge on any atom is -0.460 e. The number of amides is 2. The number of rotatable bonds is 18. The molecule has 0 spiro atoms. The van der Waals surface area contributed by atoms with Crippen LogP contribution in [0.5, 0.6) is 0 Å². The van der Waals surface area contributed by atoms with Gasteiger partial charge in [-0.25, -0.2) is 37.5 Å². The molecule has 2 aliphatic heterocycles. The zero-order chi connectivity index (χ0) is 57.6. The van der Waals surface area contributed by atoms with Crippen molar-refractivity contribution >= 4 is 70.3 Å². The molecule has 6 aromatic rings. The van der Waals surface area contributed by atoms with Crippen LogP contribution in [0.2, 0.25) is 0 Å². The van der Waals surface area contributed by atoms with Gasteiger partial charge >= 0.3 is 11.9 Å². The van der Waals surface area contributed by atoms with Gasteiger partial charge in [-0.3, -0.25) is 38.8 Å². The van der Waals surface area contributed by atoms with E-state index in [4.69, 9.17) is 20.9 Å². The smallest absolute Gasteiger partial charge is 0.302 e. The lowest BCUT2D eigenvalue weighted by molar-refractivity contribution is -0.148. The molecule has 432 valence electrons. The van der Waals surface area contributed by atoms with Gasteiger partial charge in [0.1, 0.15) is 69.6 Å². The van der Waals surface area contributed by atoms with Crippen LogP contribution in [0.15, 0.2) is 120 Å². The Morgan fingerprint density at radius 2 is 0.728 bits per heavy atom. The van der Waals surface area contributed by atoms with E-state index < -0.39 is 24.1 Å². The number of nitrogens with zero attached hydrogens (tertiary/aromatic N) is 8. The predicted octanol–water partition coefficient (Wildman–Crippen LogP) is 7.32. The maximum atomic E-state index is 13.7. The number of halogens is 4. The first-order valence-corrected chi connectivity index (χ1v) is 27.4. The molecule has 4 aromatic carbocycles. The maximum absolute atomic E-state index is 13.7. The number of ether oxygens (including phenoxy) is 2. The lowest BCUT2D eigenvalue weighted by atomic mass is 9.96. The van der Waals surface area contributed by atoms with Gasteiger partial charge in [-0.05, 0) is 84.6 Å². The Kier molecular flexibility index (Phi) is 22.9. The average Bonchev–Trinajstić information content (AvgIpc) is 3.46. The first-order valence-electron chi connectivity index (χ1n) is 25.7. The lowest BCUT2D eigenvalue weighted by Crippen LogP contribution is -2.53. The van der Waals surface area contributed by atoms with Gasteiger partial charge in [0.05, 0.1) is 22.8 Å². The summed E-state index contributed by atoms with van der Waals surface area (Å²) >= 11 is 2.67. The van der Waals surface area contributed by atoms with Crippen molar-refractivity contribution in [3.05, 3.63) is 155 Å². The van der Waals surface area contributed by atoms with Crippen molar-refractivity contribution in [2.24, 2.45) is 0 Å². The number of carbonyl (C=O) groups excluding carboxylic acids is 4. The molecule has 8 rings (SSSR count). The molecule has 0 bridgehead atoms. The van der Waals surface area contributed by atoms with Crippen molar-refractivity contribution in [2.75, 3.05) is 74.5 Å². The number of hydrogen-bond donors (Lipinski definition) is 4. The number of anilines is 4. The fraction of sp³-hybridized carbons (Fsp3) is 0.357.